The number of likely N-dealkylation sites (N-methyl/N-ethyl adjacent to an activating group) is 1. The Morgan fingerprint density at radius 3 is 2.70 bits per heavy atom. The minimum Gasteiger partial charge on any atom is -0.395 e. The summed E-state index contributed by atoms with van der Waals surface area (Å²) in [5, 5.41) is 8.98. The van der Waals surface area contributed by atoms with Gasteiger partial charge < -0.3 is 15.0 Å². The molecule has 0 saturated heterocycles. The van der Waals surface area contributed by atoms with E-state index in [1.165, 1.54) is 16.2 Å². The third-order valence-electron chi connectivity index (χ3n) is 4.16. The Kier molecular flexibility index (Phi) is 5.12. The molecule has 3 aromatic heterocycles. The van der Waals surface area contributed by atoms with Crippen molar-refractivity contribution in [3.8, 4) is 10.6 Å². The molecule has 0 fully saturated rings. The van der Waals surface area contributed by atoms with E-state index >= 15 is 0 Å². The summed E-state index contributed by atoms with van der Waals surface area (Å²) in [6.45, 7) is 5.79. The molecule has 0 radical (unpaired) electrons. The number of hydrogen-bond acceptors (Lipinski definition) is 6. The number of carbonyl (C=O) groups is 2. The van der Waals surface area contributed by atoms with Crippen LogP contribution in [0.1, 0.15) is 40.8 Å². The fourth-order valence-electron chi connectivity index (χ4n) is 2.62. The quantitative estimate of drug-likeness (QED) is 0.657. The summed E-state index contributed by atoms with van der Waals surface area (Å²) in [5.74, 6) is -0.160. The van der Waals surface area contributed by atoms with Crippen LogP contribution in [0.2, 0.25) is 0 Å². The van der Waals surface area contributed by atoms with Crippen LogP contribution in [0.3, 0.4) is 0 Å². The molecule has 0 aliphatic heterocycles. The highest BCUT2D eigenvalue weighted by molar-refractivity contribution is 7.17. The Morgan fingerprint density at radius 1 is 1.30 bits per heavy atom. The highest BCUT2D eigenvalue weighted by atomic mass is 32.1. The number of fused-ring (bicyclic) bond motifs is 1. The Hall–Kier alpha value is -2.58. The number of ketones is 1. The van der Waals surface area contributed by atoms with Crippen LogP contribution in [0.15, 0.2) is 24.5 Å². The van der Waals surface area contributed by atoms with Crippen LogP contribution in [0, 0.1) is 5.41 Å². The molecule has 7 nitrogen and oxygen atoms in total. The van der Waals surface area contributed by atoms with Gasteiger partial charge in [0, 0.05) is 25.2 Å². The lowest BCUT2D eigenvalue weighted by atomic mass is 9.87. The van der Waals surface area contributed by atoms with Gasteiger partial charge in [-0.15, -0.1) is 11.3 Å². The molecule has 0 atom stereocenters. The molecule has 142 valence electrons. The number of carbonyl (C=O) groups excluding carboxylic acids is 2. The van der Waals surface area contributed by atoms with Crippen molar-refractivity contribution >= 4 is 34.2 Å². The van der Waals surface area contributed by atoms with Crippen LogP contribution in [0.5, 0.6) is 0 Å². The Balaban J connectivity index is 1.97. The summed E-state index contributed by atoms with van der Waals surface area (Å²) >= 11 is 1.31. The summed E-state index contributed by atoms with van der Waals surface area (Å²) in [6, 6.07) is 3.55. The topological polar surface area (TPSA) is 99.2 Å². The number of aliphatic hydroxyl groups is 1. The normalized spacial score (nSPS) is 11.7. The number of aliphatic hydroxyl groups excluding tert-OH is 1. The zero-order valence-electron chi connectivity index (χ0n) is 15.7. The minimum atomic E-state index is -0.521. The summed E-state index contributed by atoms with van der Waals surface area (Å²) in [4.78, 5) is 39.8. The molecule has 0 bridgehead atoms. The molecule has 3 rings (SSSR count). The molecule has 2 N–H and O–H groups in total. The first-order valence-electron chi connectivity index (χ1n) is 8.58. The first kappa shape index (κ1) is 19.2. The van der Waals surface area contributed by atoms with Gasteiger partial charge in [0.05, 0.1) is 33.8 Å². The van der Waals surface area contributed by atoms with Crippen molar-refractivity contribution in [2.45, 2.75) is 20.8 Å². The van der Waals surface area contributed by atoms with Gasteiger partial charge in [-0.3, -0.25) is 9.59 Å². The van der Waals surface area contributed by atoms with Crippen LogP contribution in [-0.4, -0.2) is 56.8 Å². The van der Waals surface area contributed by atoms with E-state index in [1.807, 2.05) is 26.8 Å². The standard InChI is InChI=1S/C19H22N4O3S/c1-19(2,3)16(25)11-9-20-17-15(11)22-12(10-21-17)13-5-6-14(27-13)18(26)23(4)7-8-24/h5-6,9-10,24H,7-8H2,1-4H3,(H,20,21). The SMILES string of the molecule is CN(CCO)C(=O)c1ccc(-c2cnc3[nH]cc(C(=O)C(C)(C)C)c3n2)s1. The van der Waals surface area contributed by atoms with Crippen molar-refractivity contribution in [2.24, 2.45) is 5.41 Å². The molecule has 0 aromatic carbocycles. The Morgan fingerprint density at radius 2 is 2.04 bits per heavy atom. The van der Waals surface area contributed by atoms with Crippen LogP contribution < -0.4 is 0 Å². The molecular formula is C19H22N4O3S. The van der Waals surface area contributed by atoms with Crippen molar-refractivity contribution in [2.75, 3.05) is 20.2 Å². The molecule has 27 heavy (non-hydrogen) atoms. The second kappa shape index (κ2) is 7.21. The predicted molar refractivity (Wildman–Crippen MR) is 105 cm³/mol. The molecule has 0 aliphatic carbocycles. The summed E-state index contributed by atoms with van der Waals surface area (Å²) < 4.78 is 0. The summed E-state index contributed by atoms with van der Waals surface area (Å²) in [7, 11) is 1.65. The fourth-order valence-corrected chi connectivity index (χ4v) is 3.57. The lowest BCUT2D eigenvalue weighted by Crippen LogP contribution is -2.28. The largest absolute Gasteiger partial charge is 0.395 e. The zero-order chi connectivity index (χ0) is 19.8. The summed E-state index contributed by atoms with van der Waals surface area (Å²) in [5.41, 5.74) is 1.70. The number of nitrogens with one attached hydrogen (secondary N) is 1. The van der Waals surface area contributed by atoms with E-state index in [0.29, 0.717) is 27.3 Å². The van der Waals surface area contributed by atoms with Gasteiger partial charge in [-0.1, -0.05) is 20.8 Å². The maximum absolute atomic E-state index is 12.7. The van der Waals surface area contributed by atoms with E-state index in [9.17, 15) is 9.59 Å². The predicted octanol–water partition coefficient (Wildman–Crippen LogP) is 2.98. The van der Waals surface area contributed by atoms with Crippen LogP contribution in [-0.2, 0) is 0 Å². The maximum Gasteiger partial charge on any atom is 0.263 e. The van der Waals surface area contributed by atoms with E-state index in [1.54, 1.807) is 25.5 Å². The number of amides is 1. The van der Waals surface area contributed by atoms with Gasteiger partial charge in [-0.2, -0.15) is 0 Å². The molecule has 1 amide bonds. The van der Waals surface area contributed by atoms with E-state index in [4.69, 9.17) is 5.11 Å². The first-order valence-corrected chi connectivity index (χ1v) is 9.39. The molecule has 3 aromatic rings. The Bertz CT molecular complexity index is 1000. The van der Waals surface area contributed by atoms with Crippen molar-refractivity contribution in [3.63, 3.8) is 0 Å². The van der Waals surface area contributed by atoms with Gasteiger partial charge in [0.2, 0.25) is 0 Å². The van der Waals surface area contributed by atoms with Gasteiger partial charge in [-0.05, 0) is 12.1 Å². The molecule has 8 heteroatoms. The third kappa shape index (κ3) is 3.77. The van der Waals surface area contributed by atoms with E-state index < -0.39 is 5.41 Å². The molecular weight excluding hydrogens is 364 g/mol. The molecule has 0 aliphatic rings. The van der Waals surface area contributed by atoms with Crippen LogP contribution in [0.4, 0.5) is 0 Å². The minimum absolute atomic E-state index is 0.00660. The van der Waals surface area contributed by atoms with Gasteiger partial charge >= 0.3 is 0 Å². The van der Waals surface area contributed by atoms with Crippen LogP contribution >= 0.6 is 11.3 Å². The number of thiophene rings is 1. The number of rotatable bonds is 5. The number of H-pyrrole nitrogens is 1. The van der Waals surface area contributed by atoms with Gasteiger partial charge in [0.25, 0.3) is 5.91 Å². The molecule has 0 unspecified atom stereocenters. The monoisotopic (exact) mass is 386 g/mol. The summed E-state index contributed by atoms with van der Waals surface area (Å²) in [6.07, 6.45) is 3.27. The zero-order valence-corrected chi connectivity index (χ0v) is 16.6. The molecule has 0 spiro atoms. The maximum atomic E-state index is 12.7. The average molecular weight is 386 g/mol. The number of aromatic nitrogens is 3. The smallest absolute Gasteiger partial charge is 0.263 e. The number of hydrogen-bond donors (Lipinski definition) is 2. The second-order valence-electron chi connectivity index (χ2n) is 7.35. The van der Waals surface area contributed by atoms with Gasteiger partial charge in [-0.25, -0.2) is 9.97 Å². The van der Waals surface area contributed by atoms with Crippen molar-refractivity contribution in [1.29, 1.82) is 0 Å². The van der Waals surface area contributed by atoms with E-state index in [0.717, 1.165) is 4.88 Å². The Labute approximate surface area is 161 Å². The van der Waals surface area contributed by atoms with Gasteiger partial charge in [0.1, 0.15) is 5.52 Å². The van der Waals surface area contributed by atoms with Crippen molar-refractivity contribution in [3.05, 3.63) is 35.0 Å². The number of nitrogens with zero attached hydrogens (tertiary/aromatic N) is 3. The van der Waals surface area contributed by atoms with Gasteiger partial charge in [0.15, 0.2) is 11.4 Å². The second-order valence-corrected chi connectivity index (χ2v) is 8.43. The highest BCUT2D eigenvalue weighted by Gasteiger charge is 2.26. The lowest BCUT2D eigenvalue weighted by Gasteiger charge is -2.15. The number of Topliss-reactive ketones (excluding diaryl/α,β-unsaturated/α-hetero) is 1. The molecule has 0 saturated carbocycles. The number of aromatic amines is 1. The fraction of sp³-hybridized carbons (Fsp3) is 0.368. The average Bonchev–Trinajstić information content (AvgIpc) is 3.26. The van der Waals surface area contributed by atoms with E-state index in [2.05, 4.69) is 15.0 Å². The first-order chi connectivity index (χ1) is 12.7. The van der Waals surface area contributed by atoms with Crippen molar-refractivity contribution < 1.29 is 14.7 Å². The van der Waals surface area contributed by atoms with E-state index in [-0.39, 0.29) is 24.8 Å². The lowest BCUT2D eigenvalue weighted by molar-refractivity contribution is 0.0771. The van der Waals surface area contributed by atoms with Crippen LogP contribution in [0.25, 0.3) is 21.7 Å². The molecule has 3 heterocycles. The van der Waals surface area contributed by atoms with Crippen molar-refractivity contribution in [1.82, 2.24) is 19.9 Å². The third-order valence-corrected chi connectivity index (χ3v) is 5.25. The highest BCUT2D eigenvalue weighted by Crippen LogP contribution is 2.30.